The number of ether oxygens (including phenoxy) is 1. The lowest BCUT2D eigenvalue weighted by Crippen LogP contribution is -2.20. The molecular formula is C21H18N2O3. The number of rotatable bonds is 5. The van der Waals surface area contributed by atoms with Gasteiger partial charge in [0.1, 0.15) is 23.1 Å². The van der Waals surface area contributed by atoms with Crippen LogP contribution in [0.15, 0.2) is 59.0 Å². The smallest absolute Gasteiger partial charge is 0.264 e. The van der Waals surface area contributed by atoms with Gasteiger partial charge in [-0.15, -0.1) is 0 Å². The van der Waals surface area contributed by atoms with Gasteiger partial charge in [-0.05, 0) is 37.1 Å². The second-order valence-electron chi connectivity index (χ2n) is 5.99. The van der Waals surface area contributed by atoms with Crippen LogP contribution in [0.1, 0.15) is 16.7 Å². The number of hydrogen-bond acceptors (Lipinski definition) is 4. The Morgan fingerprint density at radius 1 is 1.12 bits per heavy atom. The molecule has 0 atom stereocenters. The van der Waals surface area contributed by atoms with Crippen molar-refractivity contribution in [2.45, 2.75) is 13.8 Å². The van der Waals surface area contributed by atoms with Crippen molar-refractivity contribution in [3.63, 3.8) is 0 Å². The molecule has 0 saturated carbocycles. The van der Waals surface area contributed by atoms with E-state index in [9.17, 15) is 10.1 Å². The fraction of sp³-hybridized carbons (Fsp3) is 0.143. The molecule has 0 unspecified atom stereocenters. The van der Waals surface area contributed by atoms with Crippen LogP contribution in [-0.4, -0.2) is 12.5 Å². The van der Waals surface area contributed by atoms with Crippen LogP contribution in [0.4, 0.5) is 5.88 Å². The normalized spacial score (nSPS) is 10.2. The minimum Gasteiger partial charge on any atom is -0.484 e. The van der Waals surface area contributed by atoms with Crippen LogP contribution < -0.4 is 10.1 Å². The number of nitriles is 1. The van der Waals surface area contributed by atoms with Gasteiger partial charge in [-0.1, -0.05) is 36.4 Å². The summed E-state index contributed by atoms with van der Waals surface area (Å²) in [4.78, 5) is 12.2. The molecule has 0 spiro atoms. The minimum absolute atomic E-state index is 0.125. The first-order valence-corrected chi connectivity index (χ1v) is 8.15. The molecule has 0 aliphatic rings. The van der Waals surface area contributed by atoms with E-state index in [1.165, 1.54) is 0 Å². The SMILES string of the molecule is Cc1cc(C)cc(OCC(=O)Nc2oc(-c3ccccc3)cc2C#N)c1. The van der Waals surface area contributed by atoms with Crippen molar-refractivity contribution in [2.75, 3.05) is 11.9 Å². The van der Waals surface area contributed by atoms with Crippen molar-refractivity contribution in [1.29, 1.82) is 5.26 Å². The third-order valence-corrected chi connectivity index (χ3v) is 3.73. The summed E-state index contributed by atoms with van der Waals surface area (Å²) in [6.07, 6.45) is 0. The van der Waals surface area contributed by atoms with Gasteiger partial charge in [0.15, 0.2) is 6.61 Å². The monoisotopic (exact) mass is 346 g/mol. The van der Waals surface area contributed by atoms with Crippen molar-refractivity contribution in [2.24, 2.45) is 0 Å². The molecule has 0 radical (unpaired) electrons. The number of furan rings is 1. The van der Waals surface area contributed by atoms with Crippen LogP contribution in [0.5, 0.6) is 5.75 Å². The van der Waals surface area contributed by atoms with Crippen LogP contribution in [0.2, 0.25) is 0 Å². The average molecular weight is 346 g/mol. The molecule has 1 N–H and O–H groups in total. The Labute approximate surface area is 151 Å². The number of aryl methyl sites for hydroxylation is 2. The van der Waals surface area contributed by atoms with Crippen LogP contribution in [0.25, 0.3) is 11.3 Å². The number of benzene rings is 2. The average Bonchev–Trinajstić information content (AvgIpc) is 3.03. The van der Waals surface area contributed by atoms with Gasteiger partial charge < -0.3 is 9.15 Å². The predicted molar refractivity (Wildman–Crippen MR) is 98.9 cm³/mol. The van der Waals surface area contributed by atoms with Gasteiger partial charge in [0.05, 0.1) is 0 Å². The van der Waals surface area contributed by atoms with E-state index in [2.05, 4.69) is 5.32 Å². The molecule has 3 aromatic rings. The molecule has 3 rings (SSSR count). The Kier molecular flexibility index (Phi) is 5.04. The second-order valence-corrected chi connectivity index (χ2v) is 5.99. The summed E-state index contributed by atoms with van der Waals surface area (Å²) in [6.45, 7) is 3.76. The summed E-state index contributed by atoms with van der Waals surface area (Å²) in [7, 11) is 0. The van der Waals surface area contributed by atoms with Gasteiger partial charge in [0, 0.05) is 11.6 Å². The van der Waals surface area contributed by atoms with E-state index >= 15 is 0 Å². The molecule has 1 heterocycles. The van der Waals surface area contributed by atoms with E-state index < -0.39 is 5.91 Å². The summed E-state index contributed by atoms with van der Waals surface area (Å²) in [5, 5.41) is 11.9. The van der Waals surface area contributed by atoms with Crippen molar-refractivity contribution in [3.05, 3.63) is 71.3 Å². The number of carbonyl (C=O) groups is 1. The van der Waals surface area contributed by atoms with Crippen LogP contribution >= 0.6 is 0 Å². The molecule has 26 heavy (non-hydrogen) atoms. The third-order valence-electron chi connectivity index (χ3n) is 3.73. The van der Waals surface area contributed by atoms with E-state index in [-0.39, 0.29) is 18.1 Å². The summed E-state index contributed by atoms with van der Waals surface area (Å²) < 4.78 is 11.2. The number of amides is 1. The van der Waals surface area contributed by atoms with Crippen LogP contribution in [0.3, 0.4) is 0 Å². The molecule has 5 nitrogen and oxygen atoms in total. The van der Waals surface area contributed by atoms with Crippen LogP contribution in [-0.2, 0) is 4.79 Å². The topological polar surface area (TPSA) is 75.3 Å². The summed E-state index contributed by atoms with van der Waals surface area (Å²) in [5.41, 5.74) is 3.22. The zero-order chi connectivity index (χ0) is 18.5. The van der Waals surface area contributed by atoms with Crippen molar-refractivity contribution < 1.29 is 13.9 Å². The predicted octanol–water partition coefficient (Wildman–Crippen LogP) is 4.45. The Hall–Kier alpha value is -3.52. The van der Waals surface area contributed by atoms with E-state index in [4.69, 9.17) is 9.15 Å². The second kappa shape index (κ2) is 7.58. The lowest BCUT2D eigenvalue weighted by atomic mass is 10.1. The quantitative estimate of drug-likeness (QED) is 0.740. The van der Waals surface area contributed by atoms with Gasteiger partial charge in [0.2, 0.25) is 5.88 Å². The molecular weight excluding hydrogens is 328 g/mol. The van der Waals surface area contributed by atoms with Crippen molar-refractivity contribution in [3.8, 4) is 23.1 Å². The largest absolute Gasteiger partial charge is 0.484 e. The molecule has 1 aromatic heterocycles. The Bertz CT molecular complexity index is 948. The highest BCUT2D eigenvalue weighted by Gasteiger charge is 2.15. The summed E-state index contributed by atoms with van der Waals surface area (Å²) >= 11 is 0. The molecule has 0 bridgehead atoms. The summed E-state index contributed by atoms with van der Waals surface area (Å²) in [5.74, 6) is 0.880. The first-order valence-electron chi connectivity index (χ1n) is 8.15. The Balaban J connectivity index is 1.69. The zero-order valence-corrected chi connectivity index (χ0v) is 14.6. The number of hydrogen-bond donors (Lipinski definition) is 1. The van der Waals surface area contributed by atoms with E-state index in [1.807, 2.05) is 68.4 Å². The van der Waals surface area contributed by atoms with Gasteiger partial charge in [-0.2, -0.15) is 5.26 Å². The number of nitrogens with zero attached hydrogens (tertiary/aromatic N) is 1. The highest BCUT2D eigenvalue weighted by molar-refractivity contribution is 5.92. The maximum absolute atomic E-state index is 12.2. The Morgan fingerprint density at radius 3 is 2.46 bits per heavy atom. The molecule has 0 aliphatic carbocycles. The molecule has 2 aromatic carbocycles. The molecule has 5 heteroatoms. The molecule has 130 valence electrons. The van der Waals surface area contributed by atoms with Crippen LogP contribution in [0, 0.1) is 25.2 Å². The molecule has 1 amide bonds. The highest BCUT2D eigenvalue weighted by Crippen LogP contribution is 2.28. The number of carbonyl (C=O) groups excluding carboxylic acids is 1. The van der Waals surface area contributed by atoms with Crippen molar-refractivity contribution in [1.82, 2.24) is 0 Å². The third kappa shape index (κ3) is 4.11. The maximum Gasteiger partial charge on any atom is 0.264 e. The zero-order valence-electron chi connectivity index (χ0n) is 14.6. The summed E-state index contributed by atoms with van der Waals surface area (Å²) in [6, 6.07) is 18.8. The number of anilines is 1. The standard InChI is InChI=1S/C21H18N2O3/c1-14-8-15(2)10-18(9-14)25-13-20(24)23-21-17(12-22)11-19(26-21)16-6-4-3-5-7-16/h3-11H,13H2,1-2H3,(H,23,24). The molecule has 0 fully saturated rings. The number of nitrogens with one attached hydrogen (secondary N) is 1. The van der Waals surface area contributed by atoms with Crippen molar-refractivity contribution >= 4 is 11.8 Å². The molecule has 0 saturated heterocycles. The van der Waals surface area contributed by atoms with E-state index in [0.717, 1.165) is 16.7 Å². The maximum atomic E-state index is 12.2. The van der Waals surface area contributed by atoms with Gasteiger partial charge in [-0.25, -0.2) is 0 Å². The van der Waals surface area contributed by atoms with Gasteiger partial charge in [0.25, 0.3) is 5.91 Å². The van der Waals surface area contributed by atoms with E-state index in [1.54, 1.807) is 6.07 Å². The lowest BCUT2D eigenvalue weighted by molar-refractivity contribution is -0.118. The first kappa shape index (κ1) is 17.3. The Morgan fingerprint density at radius 2 is 1.81 bits per heavy atom. The van der Waals surface area contributed by atoms with Gasteiger partial charge >= 0.3 is 0 Å². The first-order chi connectivity index (χ1) is 12.5. The lowest BCUT2D eigenvalue weighted by Gasteiger charge is -2.08. The molecule has 0 aliphatic heterocycles. The minimum atomic E-state index is -0.394. The fourth-order valence-corrected chi connectivity index (χ4v) is 2.64. The van der Waals surface area contributed by atoms with Gasteiger partial charge in [-0.3, -0.25) is 10.1 Å². The highest BCUT2D eigenvalue weighted by atomic mass is 16.5. The van der Waals surface area contributed by atoms with E-state index in [0.29, 0.717) is 11.5 Å². The fourth-order valence-electron chi connectivity index (χ4n) is 2.64.